The molecule has 0 unspecified atom stereocenters. The molecule has 180 valence electrons. The number of hydrogen-bond donors (Lipinski definition) is 1. The van der Waals surface area contributed by atoms with Crippen LogP contribution in [0, 0.1) is 5.92 Å². The normalized spacial score (nSPS) is 13.7. The summed E-state index contributed by atoms with van der Waals surface area (Å²) in [5.74, 6) is -0.217. The van der Waals surface area contributed by atoms with E-state index in [1.54, 1.807) is 35.0 Å². The van der Waals surface area contributed by atoms with Crippen LogP contribution in [0.2, 0.25) is 4.34 Å². The third-order valence-electron chi connectivity index (χ3n) is 6.02. The molecule has 9 heteroatoms. The summed E-state index contributed by atoms with van der Waals surface area (Å²) >= 11 is 6.76. The highest BCUT2D eigenvalue weighted by atomic mass is 35.5. The number of fused-ring (bicyclic) bond motifs is 1. The second-order valence-electron chi connectivity index (χ2n) is 8.82. The lowest BCUT2D eigenvalue weighted by Gasteiger charge is -2.10. The lowest BCUT2D eigenvalue weighted by Crippen LogP contribution is -2.18. The van der Waals surface area contributed by atoms with Gasteiger partial charge in [0.15, 0.2) is 15.6 Å². The van der Waals surface area contributed by atoms with Crippen molar-refractivity contribution in [3.8, 4) is 5.69 Å². The average molecular weight is 527 g/mol. The Hall–Kier alpha value is -2.94. The van der Waals surface area contributed by atoms with Gasteiger partial charge in [0.2, 0.25) is 0 Å². The number of hydrogen-bond acceptors (Lipinski definition) is 6. The molecule has 0 spiro atoms. The number of nitrogens with zero attached hydrogens (tertiary/aromatic N) is 1. The molecule has 0 bridgehead atoms. The van der Waals surface area contributed by atoms with Crippen LogP contribution in [0.25, 0.3) is 16.5 Å². The molecule has 2 aromatic carbocycles. The molecule has 2 heterocycles. The van der Waals surface area contributed by atoms with Crippen LogP contribution in [0.4, 0.5) is 5.69 Å². The Bertz CT molecular complexity index is 1570. The van der Waals surface area contributed by atoms with E-state index in [0.29, 0.717) is 21.0 Å². The van der Waals surface area contributed by atoms with Gasteiger partial charge < -0.3 is 5.32 Å². The Labute approximate surface area is 212 Å². The van der Waals surface area contributed by atoms with E-state index in [0.717, 1.165) is 34.9 Å². The highest BCUT2D eigenvalue weighted by Crippen LogP contribution is 2.29. The maximum atomic E-state index is 13.1. The van der Waals surface area contributed by atoms with Gasteiger partial charge in [-0.1, -0.05) is 23.7 Å². The van der Waals surface area contributed by atoms with Gasteiger partial charge >= 0.3 is 0 Å². The quantitative estimate of drug-likeness (QED) is 0.327. The van der Waals surface area contributed by atoms with Gasteiger partial charge in [-0.2, -0.15) is 0 Å². The Kier molecular flexibility index (Phi) is 6.53. The zero-order valence-electron chi connectivity index (χ0n) is 18.7. The van der Waals surface area contributed by atoms with Crippen LogP contribution in [-0.4, -0.2) is 31.1 Å². The van der Waals surface area contributed by atoms with Crippen LogP contribution in [0.1, 0.15) is 18.4 Å². The lowest BCUT2D eigenvalue weighted by atomic mass is 10.1. The fourth-order valence-electron chi connectivity index (χ4n) is 3.95. The molecule has 6 nitrogen and oxygen atoms in total. The van der Waals surface area contributed by atoms with Crippen LogP contribution in [0.5, 0.6) is 0 Å². The minimum absolute atomic E-state index is 0.0120. The number of ketones is 1. The number of Topliss-reactive ketones (excluding diaryl/α,β-unsaturated/α-hetero) is 1. The number of nitrogens with one attached hydrogen (secondary N) is 1. The molecule has 4 aromatic rings. The molecule has 1 aliphatic rings. The molecule has 0 atom stereocenters. The molecular weight excluding hydrogens is 504 g/mol. The van der Waals surface area contributed by atoms with E-state index in [2.05, 4.69) is 5.32 Å². The summed E-state index contributed by atoms with van der Waals surface area (Å²) in [7, 11) is -3.71. The van der Waals surface area contributed by atoms with Crippen molar-refractivity contribution >= 4 is 55.0 Å². The molecule has 1 aliphatic carbocycles. The maximum absolute atomic E-state index is 13.1. The number of rotatable bonds is 9. The van der Waals surface area contributed by atoms with Gasteiger partial charge in [-0.3, -0.25) is 14.2 Å². The SMILES string of the molecule is O=C(Cc1ccc(-n2ccc3cc(NCC4CC4)ccc3c2=O)cc1)CS(=O)(=O)c1ccc(Cl)s1. The van der Waals surface area contributed by atoms with E-state index in [1.165, 1.54) is 25.0 Å². The summed E-state index contributed by atoms with van der Waals surface area (Å²) in [6.07, 6.45) is 4.29. The Morgan fingerprint density at radius 3 is 2.51 bits per heavy atom. The lowest BCUT2D eigenvalue weighted by molar-refractivity contribution is -0.116. The first-order valence-electron chi connectivity index (χ1n) is 11.3. The van der Waals surface area contributed by atoms with Gasteiger partial charge in [-0.25, -0.2) is 8.42 Å². The van der Waals surface area contributed by atoms with Crippen LogP contribution in [0.3, 0.4) is 0 Å². The smallest absolute Gasteiger partial charge is 0.262 e. The van der Waals surface area contributed by atoms with E-state index in [4.69, 9.17) is 11.6 Å². The first kappa shape index (κ1) is 23.8. The number of benzene rings is 2. The Balaban J connectivity index is 1.29. The van der Waals surface area contributed by atoms with E-state index in [9.17, 15) is 18.0 Å². The van der Waals surface area contributed by atoms with E-state index < -0.39 is 21.4 Å². The van der Waals surface area contributed by atoms with Crippen molar-refractivity contribution in [1.29, 1.82) is 0 Å². The molecule has 1 fully saturated rings. The van der Waals surface area contributed by atoms with Crippen molar-refractivity contribution in [2.45, 2.75) is 23.5 Å². The van der Waals surface area contributed by atoms with Gasteiger partial charge in [0.1, 0.15) is 9.96 Å². The molecule has 0 saturated heterocycles. The minimum atomic E-state index is -3.71. The van der Waals surface area contributed by atoms with Crippen molar-refractivity contribution in [2.75, 3.05) is 17.6 Å². The zero-order chi connectivity index (χ0) is 24.6. The van der Waals surface area contributed by atoms with Crippen molar-refractivity contribution in [3.63, 3.8) is 0 Å². The second-order valence-corrected chi connectivity index (χ2v) is 12.7. The summed E-state index contributed by atoms with van der Waals surface area (Å²) in [6, 6.07) is 17.6. The molecule has 2 aromatic heterocycles. The monoisotopic (exact) mass is 526 g/mol. The van der Waals surface area contributed by atoms with Crippen molar-refractivity contribution in [3.05, 3.63) is 87.1 Å². The number of thiophene rings is 1. The molecular formula is C26H23ClN2O4S2. The standard InChI is InChI=1S/C26H23ClN2O4S2/c27-24-9-10-25(34-24)35(32,33)16-22(30)13-17-3-6-21(7-4-17)29-12-11-19-14-20(28-15-18-1-2-18)5-8-23(19)26(29)31/h3-12,14,18,28H,1-2,13,15-16H2. The summed E-state index contributed by atoms with van der Waals surface area (Å²) in [4.78, 5) is 25.5. The highest BCUT2D eigenvalue weighted by molar-refractivity contribution is 7.94. The zero-order valence-corrected chi connectivity index (χ0v) is 21.1. The molecule has 35 heavy (non-hydrogen) atoms. The van der Waals surface area contributed by atoms with E-state index in [-0.39, 0.29) is 16.2 Å². The highest BCUT2D eigenvalue weighted by Gasteiger charge is 2.22. The number of carbonyl (C=O) groups excluding carboxylic acids is 1. The molecule has 0 radical (unpaired) electrons. The fraction of sp³-hybridized carbons (Fsp3) is 0.231. The van der Waals surface area contributed by atoms with Crippen molar-refractivity contribution in [2.24, 2.45) is 5.92 Å². The van der Waals surface area contributed by atoms with Gasteiger partial charge in [-0.15, -0.1) is 11.3 Å². The topological polar surface area (TPSA) is 85.2 Å². The molecule has 5 rings (SSSR count). The van der Waals surface area contributed by atoms with E-state index >= 15 is 0 Å². The number of carbonyl (C=O) groups is 1. The Morgan fingerprint density at radius 1 is 1.06 bits per heavy atom. The maximum Gasteiger partial charge on any atom is 0.262 e. The molecule has 1 saturated carbocycles. The first-order chi connectivity index (χ1) is 16.8. The molecule has 0 aliphatic heterocycles. The number of halogens is 1. The van der Waals surface area contributed by atoms with Crippen molar-refractivity contribution in [1.82, 2.24) is 4.57 Å². The predicted molar refractivity (Wildman–Crippen MR) is 141 cm³/mol. The fourth-order valence-corrected chi connectivity index (χ4v) is 6.76. The average Bonchev–Trinajstić information content (AvgIpc) is 3.55. The van der Waals surface area contributed by atoms with Crippen LogP contribution >= 0.6 is 22.9 Å². The summed E-state index contributed by atoms with van der Waals surface area (Å²) in [5.41, 5.74) is 2.24. The van der Waals surface area contributed by atoms with Gasteiger partial charge in [0.25, 0.3) is 5.56 Å². The van der Waals surface area contributed by atoms with Gasteiger partial charge in [0, 0.05) is 35.9 Å². The Morgan fingerprint density at radius 2 is 1.83 bits per heavy atom. The second kappa shape index (κ2) is 9.60. The number of anilines is 1. The van der Waals surface area contributed by atoms with Gasteiger partial charge in [-0.05, 0) is 78.2 Å². The summed E-state index contributed by atoms with van der Waals surface area (Å²) in [6.45, 7) is 0.964. The third kappa shape index (κ3) is 5.50. The molecule has 1 N–H and O–H groups in total. The third-order valence-corrected chi connectivity index (χ3v) is 9.51. The van der Waals surface area contributed by atoms with Crippen LogP contribution in [-0.2, 0) is 21.1 Å². The van der Waals surface area contributed by atoms with Crippen LogP contribution in [0.15, 0.2) is 75.9 Å². The molecule has 0 amide bonds. The predicted octanol–water partition coefficient (Wildman–Crippen LogP) is 5.11. The van der Waals surface area contributed by atoms with Crippen LogP contribution < -0.4 is 10.9 Å². The van der Waals surface area contributed by atoms with Gasteiger partial charge in [0.05, 0.1) is 4.34 Å². The van der Waals surface area contributed by atoms with E-state index in [1.807, 2.05) is 24.3 Å². The first-order valence-corrected chi connectivity index (χ1v) is 14.1. The summed E-state index contributed by atoms with van der Waals surface area (Å²) < 4.78 is 26.8. The number of pyridine rings is 1. The number of aromatic nitrogens is 1. The number of sulfone groups is 1. The minimum Gasteiger partial charge on any atom is -0.385 e. The summed E-state index contributed by atoms with van der Waals surface area (Å²) in [5, 5.41) is 4.94. The van der Waals surface area contributed by atoms with Crippen molar-refractivity contribution < 1.29 is 13.2 Å². The largest absolute Gasteiger partial charge is 0.385 e.